The molecule has 0 fully saturated rings. The summed E-state index contributed by atoms with van der Waals surface area (Å²) < 4.78 is 38.1. The largest absolute Gasteiger partial charge is 0.416 e. The van der Waals surface area contributed by atoms with Gasteiger partial charge in [-0.05, 0) is 36.6 Å². The molecule has 0 N–H and O–H groups in total. The van der Waals surface area contributed by atoms with Gasteiger partial charge in [0.15, 0.2) is 0 Å². The van der Waals surface area contributed by atoms with Gasteiger partial charge >= 0.3 is 6.18 Å². The molecule has 0 heterocycles. The van der Waals surface area contributed by atoms with Crippen molar-refractivity contribution in [2.24, 2.45) is 0 Å². The van der Waals surface area contributed by atoms with Gasteiger partial charge in [0.25, 0.3) is 0 Å². The zero-order valence-electron chi connectivity index (χ0n) is 12.4. The Kier molecular flexibility index (Phi) is 4.40. The normalized spacial score (nSPS) is 14.4. The van der Waals surface area contributed by atoms with Crippen molar-refractivity contribution >= 4 is 5.78 Å². The molecule has 0 aromatic heterocycles. The molecule has 4 heteroatoms. The molecule has 2 rings (SSSR count). The average molecular weight is 306 g/mol. The maximum absolute atomic E-state index is 12.7. The predicted octanol–water partition coefficient (Wildman–Crippen LogP) is 4.99. The van der Waals surface area contributed by atoms with Gasteiger partial charge in [-0.25, -0.2) is 0 Å². The molecule has 2 aromatic carbocycles. The highest BCUT2D eigenvalue weighted by atomic mass is 19.4. The Morgan fingerprint density at radius 3 is 1.73 bits per heavy atom. The predicted molar refractivity (Wildman–Crippen MR) is 79.6 cm³/mol. The van der Waals surface area contributed by atoms with Crippen LogP contribution in [0.5, 0.6) is 0 Å². The van der Waals surface area contributed by atoms with Gasteiger partial charge in [-0.2, -0.15) is 13.2 Å². The van der Waals surface area contributed by atoms with Crippen LogP contribution < -0.4 is 0 Å². The summed E-state index contributed by atoms with van der Waals surface area (Å²) in [4.78, 5) is 12.4. The van der Waals surface area contributed by atoms with Crippen LogP contribution >= 0.6 is 0 Å². The number of carbonyl (C=O) groups is 1. The molecule has 22 heavy (non-hydrogen) atoms. The van der Waals surface area contributed by atoms with Gasteiger partial charge in [-0.3, -0.25) is 4.79 Å². The molecule has 0 aliphatic carbocycles. The van der Waals surface area contributed by atoms with Gasteiger partial charge < -0.3 is 0 Å². The summed E-state index contributed by atoms with van der Waals surface area (Å²) >= 11 is 0. The van der Waals surface area contributed by atoms with E-state index in [1.54, 1.807) is 0 Å². The Labute approximate surface area is 127 Å². The third kappa shape index (κ3) is 2.78. The highest BCUT2D eigenvalue weighted by Crippen LogP contribution is 2.38. The zero-order chi connectivity index (χ0) is 16.4. The molecule has 0 amide bonds. The van der Waals surface area contributed by atoms with Crippen molar-refractivity contribution < 1.29 is 18.0 Å². The number of hydrogen-bond donors (Lipinski definition) is 0. The standard InChI is InChI=1S/C18H17F3O/c1-3-17(13(2)22,14-7-5-4-6-8-14)15-9-11-16(12-10-15)18(19,20)21/h4-12H,3H2,1-2H3. The molecule has 0 bridgehead atoms. The minimum atomic E-state index is -4.38. The van der Waals surface area contributed by atoms with Crippen LogP contribution in [0.25, 0.3) is 0 Å². The third-order valence-electron chi connectivity index (χ3n) is 4.10. The zero-order valence-corrected chi connectivity index (χ0v) is 12.4. The van der Waals surface area contributed by atoms with Gasteiger partial charge in [-0.1, -0.05) is 49.4 Å². The number of Topliss-reactive ketones (excluding diaryl/α,β-unsaturated/α-hetero) is 1. The Bertz CT molecular complexity index is 644. The molecule has 0 spiro atoms. The molecule has 1 unspecified atom stereocenters. The molecule has 0 saturated heterocycles. The lowest BCUT2D eigenvalue weighted by Gasteiger charge is -2.31. The number of halogens is 3. The molecule has 0 radical (unpaired) electrons. The number of carbonyl (C=O) groups excluding carboxylic acids is 1. The van der Waals surface area contributed by atoms with E-state index in [-0.39, 0.29) is 5.78 Å². The first-order valence-corrected chi connectivity index (χ1v) is 7.06. The van der Waals surface area contributed by atoms with E-state index >= 15 is 0 Å². The lowest BCUT2D eigenvalue weighted by atomic mass is 9.70. The molecule has 0 aliphatic heterocycles. The fraction of sp³-hybridized carbons (Fsp3) is 0.278. The van der Waals surface area contributed by atoms with E-state index in [9.17, 15) is 18.0 Å². The summed E-state index contributed by atoms with van der Waals surface area (Å²) in [5, 5.41) is 0. The Morgan fingerprint density at radius 1 is 0.864 bits per heavy atom. The maximum atomic E-state index is 12.7. The molecule has 1 atom stereocenters. The van der Waals surface area contributed by atoms with Gasteiger partial charge in [0, 0.05) is 0 Å². The van der Waals surface area contributed by atoms with Crippen molar-refractivity contribution in [1.82, 2.24) is 0 Å². The molecular weight excluding hydrogens is 289 g/mol. The second-order valence-corrected chi connectivity index (χ2v) is 5.26. The van der Waals surface area contributed by atoms with Crippen molar-refractivity contribution in [1.29, 1.82) is 0 Å². The SMILES string of the molecule is CCC(C(C)=O)(c1ccccc1)c1ccc(C(F)(F)F)cc1. The van der Waals surface area contributed by atoms with E-state index in [0.29, 0.717) is 12.0 Å². The van der Waals surface area contributed by atoms with Crippen molar-refractivity contribution in [3.8, 4) is 0 Å². The van der Waals surface area contributed by atoms with E-state index < -0.39 is 17.2 Å². The highest BCUT2D eigenvalue weighted by molar-refractivity contribution is 5.91. The lowest BCUT2D eigenvalue weighted by Crippen LogP contribution is -2.35. The van der Waals surface area contributed by atoms with Crippen molar-refractivity contribution in [2.75, 3.05) is 0 Å². The minimum Gasteiger partial charge on any atom is -0.299 e. The van der Waals surface area contributed by atoms with Crippen LogP contribution in [-0.4, -0.2) is 5.78 Å². The van der Waals surface area contributed by atoms with E-state index in [1.807, 2.05) is 37.3 Å². The number of ketones is 1. The van der Waals surface area contributed by atoms with Crippen LogP contribution in [0.1, 0.15) is 37.0 Å². The van der Waals surface area contributed by atoms with Crippen LogP contribution in [0.4, 0.5) is 13.2 Å². The van der Waals surface area contributed by atoms with Crippen LogP contribution in [0.2, 0.25) is 0 Å². The summed E-state index contributed by atoms with van der Waals surface area (Å²) in [6, 6.07) is 14.0. The summed E-state index contributed by atoms with van der Waals surface area (Å²) in [6.45, 7) is 3.35. The second-order valence-electron chi connectivity index (χ2n) is 5.26. The second kappa shape index (κ2) is 5.95. The molecule has 0 saturated carbocycles. The van der Waals surface area contributed by atoms with E-state index in [4.69, 9.17) is 0 Å². The van der Waals surface area contributed by atoms with E-state index in [0.717, 1.165) is 17.7 Å². The number of alkyl halides is 3. The van der Waals surface area contributed by atoms with Crippen molar-refractivity contribution in [3.05, 3.63) is 71.3 Å². The van der Waals surface area contributed by atoms with Gasteiger partial charge in [0.1, 0.15) is 5.78 Å². The summed E-state index contributed by atoms with van der Waals surface area (Å²) in [6.07, 6.45) is -3.89. The third-order valence-corrected chi connectivity index (χ3v) is 4.10. The number of rotatable bonds is 4. The fourth-order valence-corrected chi connectivity index (χ4v) is 2.90. The smallest absolute Gasteiger partial charge is 0.299 e. The number of benzene rings is 2. The summed E-state index contributed by atoms with van der Waals surface area (Å²) in [5.74, 6) is -0.0824. The van der Waals surface area contributed by atoms with Crippen molar-refractivity contribution in [3.63, 3.8) is 0 Å². The van der Waals surface area contributed by atoms with Crippen LogP contribution in [0.15, 0.2) is 54.6 Å². The molecule has 2 aromatic rings. The first-order valence-electron chi connectivity index (χ1n) is 7.06. The van der Waals surface area contributed by atoms with Gasteiger partial charge in [0.05, 0.1) is 11.0 Å². The van der Waals surface area contributed by atoms with Crippen molar-refractivity contribution in [2.45, 2.75) is 31.9 Å². The van der Waals surface area contributed by atoms with Crippen LogP contribution in [-0.2, 0) is 16.4 Å². The molecule has 0 aliphatic rings. The molecule has 116 valence electrons. The fourth-order valence-electron chi connectivity index (χ4n) is 2.90. The lowest BCUT2D eigenvalue weighted by molar-refractivity contribution is -0.137. The first kappa shape index (κ1) is 16.3. The Morgan fingerprint density at radius 2 is 1.32 bits per heavy atom. The Hall–Kier alpha value is -2.10. The monoisotopic (exact) mass is 306 g/mol. The number of hydrogen-bond acceptors (Lipinski definition) is 1. The van der Waals surface area contributed by atoms with Gasteiger partial charge in [0.2, 0.25) is 0 Å². The minimum absolute atomic E-state index is 0.0824. The Balaban J connectivity index is 2.59. The van der Waals surface area contributed by atoms with Gasteiger partial charge in [-0.15, -0.1) is 0 Å². The summed E-state index contributed by atoms with van der Waals surface area (Å²) in [7, 11) is 0. The average Bonchev–Trinajstić information content (AvgIpc) is 2.49. The highest BCUT2D eigenvalue weighted by Gasteiger charge is 2.38. The van der Waals surface area contributed by atoms with Crippen LogP contribution in [0.3, 0.4) is 0 Å². The molecular formula is C18H17F3O. The first-order chi connectivity index (χ1) is 10.3. The maximum Gasteiger partial charge on any atom is 0.416 e. The van der Waals surface area contributed by atoms with Crippen LogP contribution in [0, 0.1) is 0 Å². The quantitative estimate of drug-likeness (QED) is 0.777. The molecule has 1 nitrogen and oxygen atoms in total. The van der Waals surface area contributed by atoms with E-state index in [2.05, 4.69) is 0 Å². The summed E-state index contributed by atoms with van der Waals surface area (Å²) in [5.41, 5.74) is -0.241. The topological polar surface area (TPSA) is 17.1 Å². The van der Waals surface area contributed by atoms with E-state index in [1.165, 1.54) is 19.1 Å².